The third kappa shape index (κ3) is 3.71. The fourth-order valence-corrected chi connectivity index (χ4v) is 2.04. The van der Waals surface area contributed by atoms with Gasteiger partial charge in [0.15, 0.2) is 5.69 Å². The van der Waals surface area contributed by atoms with E-state index in [9.17, 15) is 4.79 Å². The first-order chi connectivity index (χ1) is 8.24. The van der Waals surface area contributed by atoms with E-state index in [4.69, 9.17) is 5.73 Å². The molecule has 7 heteroatoms. The molecule has 0 fully saturated rings. The van der Waals surface area contributed by atoms with Crippen LogP contribution in [-0.2, 0) is 17.7 Å². The number of carbonyl (C=O) groups excluding carboxylic acids is 1. The number of aryl methyl sites for hydroxylation is 1. The molecule has 0 atom stereocenters. The van der Waals surface area contributed by atoms with Crippen LogP contribution in [0.2, 0.25) is 0 Å². The molecule has 0 aliphatic rings. The third-order valence-corrected chi connectivity index (χ3v) is 3.13. The zero-order chi connectivity index (χ0) is 12.7. The van der Waals surface area contributed by atoms with Crippen molar-refractivity contribution in [1.29, 1.82) is 0 Å². The predicted octanol–water partition coefficient (Wildman–Crippen LogP) is 0.319. The van der Waals surface area contributed by atoms with Crippen molar-refractivity contribution >= 4 is 17.7 Å². The topological polar surface area (TPSA) is 83.0 Å². The van der Waals surface area contributed by atoms with Crippen LogP contribution in [0.25, 0.3) is 0 Å². The maximum Gasteiger partial charge on any atom is 0.360 e. The fraction of sp³-hybridized carbons (Fsp3) is 0.700. The first-order valence-corrected chi connectivity index (χ1v) is 6.68. The number of hydrogen-bond acceptors (Lipinski definition) is 6. The fourth-order valence-electron chi connectivity index (χ4n) is 1.45. The highest BCUT2D eigenvalue weighted by molar-refractivity contribution is 7.99. The van der Waals surface area contributed by atoms with Crippen molar-refractivity contribution in [3.63, 3.8) is 0 Å². The average Bonchev–Trinajstić information content (AvgIpc) is 2.73. The lowest BCUT2D eigenvalue weighted by Crippen LogP contribution is -2.15. The van der Waals surface area contributed by atoms with Crippen molar-refractivity contribution in [3.8, 4) is 0 Å². The standard InChI is InChI=1S/C10H18N4O2S/c1-3-17-7-6-14-8(4-5-11)9(12-13-14)10(15)16-2/h3-7,11H2,1-2H3. The van der Waals surface area contributed by atoms with E-state index in [1.807, 2.05) is 11.8 Å². The summed E-state index contributed by atoms with van der Waals surface area (Å²) in [5.41, 5.74) is 6.57. The minimum atomic E-state index is -0.456. The van der Waals surface area contributed by atoms with Gasteiger partial charge in [-0.25, -0.2) is 9.48 Å². The van der Waals surface area contributed by atoms with Gasteiger partial charge in [-0.3, -0.25) is 0 Å². The molecule has 1 heterocycles. The van der Waals surface area contributed by atoms with E-state index in [-0.39, 0.29) is 5.69 Å². The quantitative estimate of drug-likeness (QED) is 0.560. The zero-order valence-electron chi connectivity index (χ0n) is 10.2. The molecule has 0 bridgehead atoms. The normalized spacial score (nSPS) is 10.5. The molecule has 0 saturated heterocycles. The molecule has 0 radical (unpaired) electrons. The Labute approximate surface area is 105 Å². The van der Waals surface area contributed by atoms with Gasteiger partial charge in [0.25, 0.3) is 0 Å². The highest BCUT2D eigenvalue weighted by Crippen LogP contribution is 2.09. The third-order valence-electron chi connectivity index (χ3n) is 2.25. The molecule has 1 aromatic heterocycles. The van der Waals surface area contributed by atoms with E-state index in [0.717, 1.165) is 23.7 Å². The van der Waals surface area contributed by atoms with Crippen LogP contribution in [0, 0.1) is 0 Å². The Hall–Kier alpha value is -1.08. The first kappa shape index (κ1) is 14.0. The van der Waals surface area contributed by atoms with Gasteiger partial charge in [0.1, 0.15) is 0 Å². The number of ether oxygens (including phenoxy) is 1. The second kappa shape index (κ2) is 7.29. The average molecular weight is 258 g/mol. The van der Waals surface area contributed by atoms with Crippen LogP contribution in [0.4, 0.5) is 0 Å². The maximum absolute atomic E-state index is 11.5. The summed E-state index contributed by atoms with van der Waals surface area (Å²) in [7, 11) is 1.33. The van der Waals surface area contributed by atoms with E-state index in [1.54, 1.807) is 4.68 Å². The first-order valence-electron chi connectivity index (χ1n) is 5.53. The molecule has 0 saturated carbocycles. The number of methoxy groups -OCH3 is 1. The van der Waals surface area contributed by atoms with Crippen molar-refractivity contribution < 1.29 is 9.53 Å². The van der Waals surface area contributed by atoms with Gasteiger partial charge in [-0.2, -0.15) is 11.8 Å². The van der Waals surface area contributed by atoms with E-state index < -0.39 is 5.97 Å². The number of esters is 1. The van der Waals surface area contributed by atoms with Gasteiger partial charge in [-0.1, -0.05) is 12.1 Å². The predicted molar refractivity (Wildman–Crippen MR) is 67.1 cm³/mol. The van der Waals surface area contributed by atoms with E-state index in [1.165, 1.54) is 7.11 Å². The van der Waals surface area contributed by atoms with E-state index in [0.29, 0.717) is 13.0 Å². The molecule has 96 valence electrons. The van der Waals surface area contributed by atoms with Gasteiger partial charge in [0, 0.05) is 12.2 Å². The summed E-state index contributed by atoms with van der Waals surface area (Å²) in [6, 6.07) is 0. The second-order valence-corrected chi connectivity index (χ2v) is 4.73. The lowest BCUT2D eigenvalue weighted by molar-refractivity contribution is 0.0592. The van der Waals surface area contributed by atoms with Gasteiger partial charge < -0.3 is 10.5 Å². The number of nitrogens with zero attached hydrogens (tertiary/aromatic N) is 3. The summed E-state index contributed by atoms with van der Waals surface area (Å²) >= 11 is 1.82. The molecule has 0 aliphatic carbocycles. The molecular formula is C10H18N4O2S. The van der Waals surface area contributed by atoms with Crippen molar-refractivity contribution in [3.05, 3.63) is 11.4 Å². The largest absolute Gasteiger partial charge is 0.464 e. The molecule has 0 aliphatic heterocycles. The molecule has 1 aromatic rings. The van der Waals surface area contributed by atoms with Crippen LogP contribution < -0.4 is 5.73 Å². The number of thioether (sulfide) groups is 1. The van der Waals surface area contributed by atoms with Crippen LogP contribution in [0.3, 0.4) is 0 Å². The number of aromatic nitrogens is 3. The highest BCUT2D eigenvalue weighted by Gasteiger charge is 2.19. The molecule has 0 amide bonds. The Bertz CT molecular complexity index is 367. The van der Waals surface area contributed by atoms with Crippen molar-refractivity contribution in [2.45, 2.75) is 19.9 Å². The van der Waals surface area contributed by atoms with Crippen molar-refractivity contribution in [2.75, 3.05) is 25.2 Å². The SMILES string of the molecule is CCSCCn1nnc(C(=O)OC)c1CCN. The number of carbonyl (C=O) groups is 1. The van der Waals surface area contributed by atoms with Gasteiger partial charge in [0.2, 0.25) is 0 Å². The van der Waals surface area contributed by atoms with Crippen LogP contribution in [-0.4, -0.2) is 46.1 Å². The van der Waals surface area contributed by atoms with Gasteiger partial charge in [-0.05, 0) is 12.3 Å². The Balaban J connectivity index is 2.82. The van der Waals surface area contributed by atoms with E-state index >= 15 is 0 Å². The summed E-state index contributed by atoms with van der Waals surface area (Å²) in [6.07, 6.45) is 0.578. The number of rotatable bonds is 7. The molecule has 0 aromatic carbocycles. The molecule has 2 N–H and O–H groups in total. The van der Waals surface area contributed by atoms with Crippen LogP contribution >= 0.6 is 11.8 Å². The smallest absolute Gasteiger partial charge is 0.360 e. The van der Waals surface area contributed by atoms with Crippen molar-refractivity contribution in [1.82, 2.24) is 15.0 Å². The Morgan fingerprint density at radius 3 is 2.94 bits per heavy atom. The van der Waals surface area contributed by atoms with Crippen LogP contribution in [0.1, 0.15) is 23.1 Å². The number of hydrogen-bond donors (Lipinski definition) is 1. The number of nitrogens with two attached hydrogens (primary N) is 1. The highest BCUT2D eigenvalue weighted by atomic mass is 32.2. The van der Waals surface area contributed by atoms with Crippen LogP contribution in [0.15, 0.2) is 0 Å². The summed E-state index contributed by atoms with van der Waals surface area (Å²) in [6.45, 7) is 3.29. The molecule has 17 heavy (non-hydrogen) atoms. The molecular weight excluding hydrogens is 240 g/mol. The second-order valence-electron chi connectivity index (χ2n) is 3.34. The van der Waals surface area contributed by atoms with E-state index in [2.05, 4.69) is 22.0 Å². The Kier molecular flexibility index (Phi) is 5.99. The minimum Gasteiger partial charge on any atom is -0.464 e. The molecule has 0 unspecified atom stereocenters. The Morgan fingerprint density at radius 2 is 2.35 bits per heavy atom. The summed E-state index contributed by atoms with van der Waals surface area (Å²) in [5.74, 6) is 1.55. The minimum absolute atomic E-state index is 0.277. The molecule has 0 spiro atoms. The van der Waals surface area contributed by atoms with Gasteiger partial charge in [0.05, 0.1) is 19.3 Å². The lowest BCUT2D eigenvalue weighted by atomic mass is 10.2. The Morgan fingerprint density at radius 1 is 1.59 bits per heavy atom. The van der Waals surface area contributed by atoms with Crippen molar-refractivity contribution in [2.24, 2.45) is 5.73 Å². The maximum atomic E-state index is 11.5. The van der Waals surface area contributed by atoms with Crippen LogP contribution in [0.5, 0.6) is 0 Å². The summed E-state index contributed by atoms with van der Waals surface area (Å²) in [4.78, 5) is 11.5. The lowest BCUT2D eigenvalue weighted by Gasteiger charge is -2.05. The van der Waals surface area contributed by atoms with Gasteiger partial charge in [-0.15, -0.1) is 5.10 Å². The summed E-state index contributed by atoms with van der Waals surface area (Å²) in [5, 5.41) is 7.83. The molecule has 6 nitrogen and oxygen atoms in total. The summed E-state index contributed by atoms with van der Waals surface area (Å²) < 4.78 is 6.40. The van der Waals surface area contributed by atoms with Gasteiger partial charge >= 0.3 is 5.97 Å². The monoisotopic (exact) mass is 258 g/mol. The molecule has 1 rings (SSSR count). The zero-order valence-corrected chi connectivity index (χ0v) is 11.0.